The first-order chi connectivity index (χ1) is 21.3. The van der Waals surface area contributed by atoms with Crippen molar-refractivity contribution in [3.8, 4) is 28.4 Å². The number of likely N-dealkylation sites (N-methyl/N-ethyl adjacent to an activating group) is 1. The van der Waals surface area contributed by atoms with Gasteiger partial charge in [-0.1, -0.05) is 30.3 Å². The first-order valence-electron chi connectivity index (χ1n) is 14.7. The number of benzene rings is 3. The van der Waals surface area contributed by atoms with E-state index in [0.29, 0.717) is 43.1 Å². The third-order valence-electron chi connectivity index (χ3n) is 8.32. The zero-order chi connectivity index (χ0) is 30.8. The number of fused-ring (bicyclic) bond motifs is 1. The van der Waals surface area contributed by atoms with E-state index < -0.39 is 11.8 Å². The fourth-order valence-corrected chi connectivity index (χ4v) is 5.56. The van der Waals surface area contributed by atoms with E-state index in [1.165, 1.54) is 10.5 Å². The average Bonchev–Trinajstić information content (AvgIpc) is 3.69. The van der Waals surface area contributed by atoms with E-state index in [1.807, 2.05) is 42.6 Å². The summed E-state index contributed by atoms with van der Waals surface area (Å²) in [6.07, 6.45) is 2.86. The summed E-state index contributed by atoms with van der Waals surface area (Å²) in [5.74, 6) is -0.289. The van der Waals surface area contributed by atoms with Crippen LogP contribution in [-0.2, 0) is 20.9 Å². The molecule has 4 aromatic rings. The molecular weight excluding hydrogens is 558 g/mol. The standard InChI is InChI=1S/C34H35N5O5/c1-22-9-10-25(17-23(22)2)31-26(20-39(36-31)28-7-5-4-6-8-28)19-37(3)33(41)34(42)38-15-13-24(14-16-38)32(40)35-27-11-12-29-30(18-27)44-21-43-29/h4-12,17-18,20,24H,13-16,19,21H2,1-3H3,(H,35,40). The summed E-state index contributed by atoms with van der Waals surface area (Å²) in [5.41, 5.74) is 6.41. The van der Waals surface area contributed by atoms with Crippen molar-refractivity contribution in [3.63, 3.8) is 0 Å². The van der Waals surface area contributed by atoms with Gasteiger partial charge in [0.05, 0.1) is 11.4 Å². The van der Waals surface area contributed by atoms with Gasteiger partial charge in [-0.25, -0.2) is 4.68 Å². The van der Waals surface area contributed by atoms with Crippen molar-refractivity contribution in [1.29, 1.82) is 0 Å². The first-order valence-corrected chi connectivity index (χ1v) is 14.7. The maximum absolute atomic E-state index is 13.3. The second-order valence-electron chi connectivity index (χ2n) is 11.4. The fraction of sp³-hybridized carbons (Fsp3) is 0.294. The minimum absolute atomic E-state index is 0.117. The molecule has 1 N–H and O–H groups in total. The van der Waals surface area contributed by atoms with Crippen molar-refractivity contribution in [2.75, 3.05) is 32.2 Å². The quantitative estimate of drug-likeness (QED) is 0.325. The van der Waals surface area contributed by atoms with Crippen molar-refractivity contribution in [3.05, 3.63) is 89.6 Å². The Morgan fingerprint density at radius 1 is 0.932 bits per heavy atom. The molecule has 44 heavy (non-hydrogen) atoms. The van der Waals surface area contributed by atoms with Gasteiger partial charge >= 0.3 is 11.8 Å². The molecule has 0 saturated carbocycles. The van der Waals surface area contributed by atoms with Crippen molar-refractivity contribution < 1.29 is 23.9 Å². The molecule has 1 aromatic heterocycles. The number of aryl methyl sites for hydroxylation is 2. The van der Waals surface area contributed by atoms with Crippen LogP contribution in [-0.4, -0.2) is 64.2 Å². The highest BCUT2D eigenvalue weighted by atomic mass is 16.7. The van der Waals surface area contributed by atoms with E-state index in [9.17, 15) is 14.4 Å². The van der Waals surface area contributed by atoms with E-state index in [2.05, 4.69) is 31.3 Å². The van der Waals surface area contributed by atoms with Gasteiger partial charge in [-0.15, -0.1) is 0 Å². The molecule has 0 radical (unpaired) electrons. The van der Waals surface area contributed by atoms with Gasteiger partial charge in [0, 0.05) is 61.7 Å². The minimum Gasteiger partial charge on any atom is -0.454 e. The Kier molecular flexibility index (Phi) is 8.06. The molecule has 0 unspecified atom stereocenters. The molecule has 1 fully saturated rings. The summed E-state index contributed by atoms with van der Waals surface area (Å²) in [5, 5.41) is 7.80. The Labute approximate surface area is 256 Å². The maximum atomic E-state index is 13.3. The predicted octanol–water partition coefficient (Wildman–Crippen LogP) is 4.72. The van der Waals surface area contributed by atoms with Crippen LogP contribution >= 0.6 is 0 Å². The van der Waals surface area contributed by atoms with Gasteiger partial charge in [-0.2, -0.15) is 5.10 Å². The number of amides is 3. The number of piperidine rings is 1. The summed E-state index contributed by atoms with van der Waals surface area (Å²) >= 11 is 0. The number of aromatic nitrogens is 2. The largest absolute Gasteiger partial charge is 0.454 e. The van der Waals surface area contributed by atoms with Crippen molar-refractivity contribution in [1.82, 2.24) is 19.6 Å². The molecular formula is C34H35N5O5. The molecule has 226 valence electrons. The van der Waals surface area contributed by atoms with Gasteiger partial charge in [-0.05, 0) is 68.1 Å². The second kappa shape index (κ2) is 12.2. The Morgan fingerprint density at radius 2 is 1.68 bits per heavy atom. The normalized spacial score (nSPS) is 14.4. The highest BCUT2D eigenvalue weighted by Gasteiger charge is 2.32. The van der Waals surface area contributed by atoms with Gasteiger partial charge in [-0.3, -0.25) is 14.4 Å². The molecule has 2 aliphatic heterocycles. The number of rotatable bonds is 6. The summed E-state index contributed by atoms with van der Waals surface area (Å²) in [6.45, 7) is 5.17. The highest BCUT2D eigenvalue weighted by Crippen LogP contribution is 2.34. The van der Waals surface area contributed by atoms with Crippen molar-refractivity contribution >= 4 is 23.4 Å². The third kappa shape index (κ3) is 6.01. The van der Waals surface area contributed by atoms with Crippen molar-refractivity contribution in [2.45, 2.75) is 33.2 Å². The molecule has 2 aliphatic rings. The van der Waals surface area contributed by atoms with Gasteiger partial charge in [0.15, 0.2) is 11.5 Å². The van der Waals surface area contributed by atoms with Crippen LogP contribution in [0.4, 0.5) is 5.69 Å². The van der Waals surface area contributed by atoms with Crippen LogP contribution in [0, 0.1) is 19.8 Å². The summed E-state index contributed by atoms with van der Waals surface area (Å²) in [7, 11) is 1.63. The number of carbonyl (C=O) groups is 3. The number of ether oxygens (including phenoxy) is 2. The van der Waals surface area contributed by atoms with Gasteiger partial charge in [0.25, 0.3) is 0 Å². The summed E-state index contributed by atoms with van der Waals surface area (Å²) in [6, 6.07) is 21.2. The van der Waals surface area contributed by atoms with Gasteiger partial charge < -0.3 is 24.6 Å². The SMILES string of the molecule is Cc1ccc(-c2nn(-c3ccccc3)cc2CN(C)C(=O)C(=O)N2CCC(C(=O)Nc3ccc4c(c3)OCO4)CC2)cc1C. The molecule has 3 aromatic carbocycles. The molecule has 0 atom stereocenters. The molecule has 0 bridgehead atoms. The highest BCUT2D eigenvalue weighted by molar-refractivity contribution is 6.34. The molecule has 10 heteroatoms. The number of hydrogen-bond donors (Lipinski definition) is 1. The van der Waals surface area contributed by atoms with Crippen LogP contribution in [0.2, 0.25) is 0 Å². The van der Waals surface area contributed by atoms with E-state index in [0.717, 1.165) is 28.1 Å². The molecule has 10 nitrogen and oxygen atoms in total. The van der Waals surface area contributed by atoms with E-state index in [-0.39, 0.29) is 25.2 Å². The second-order valence-corrected chi connectivity index (χ2v) is 11.4. The van der Waals surface area contributed by atoms with Crippen LogP contribution in [0.15, 0.2) is 72.9 Å². The maximum Gasteiger partial charge on any atom is 0.312 e. The average molecular weight is 594 g/mol. The van der Waals surface area contributed by atoms with Crippen LogP contribution in [0.3, 0.4) is 0 Å². The Hall–Kier alpha value is -5.12. The lowest BCUT2D eigenvalue weighted by Gasteiger charge is -2.31. The lowest BCUT2D eigenvalue weighted by atomic mass is 9.95. The van der Waals surface area contributed by atoms with Crippen LogP contribution in [0.1, 0.15) is 29.5 Å². The number of anilines is 1. The number of carbonyl (C=O) groups excluding carboxylic acids is 3. The number of hydrogen-bond acceptors (Lipinski definition) is 6. The molecule has 3 heterocycles. The molecule has 1 saturated heterocycles. The molecule has 0 aliphatic carbocycles. The van der Waals surface area contributed by atoms with Crippen LogP contribution in [0.5, 0.6) is 11.5 Å². The number of likely N-dealkylation sites (tertiary alicyclic amines) is 1. The Balaban J connectivity index is 1.10. The number of nitrogens with one attached hydrogen (secondary N) is 1. The van der Waals surface area contributed by atoms with Crippen molar-refractivity contribution in [2.24, 2.45) is 5.92 Å². The summed E-state index contributed by atoms with van der Waals surface area (Å²) in [4.78, 5) is 42.5. The Bertz CT molecular complexity index is 1710. The van der Waals surface area contributed by atoms with E-state index >= 15 is 0 Å². The van der Waals surface area contributed by atoms with E-state index in [4.69, 9.17) is 14.6 Å². The molecule has 6 rings (SSSR count). The van der Waals surface area contributed by atoms with Crippen LogP contribution < -0.4 is 14.8 Å². The minimum atomic E-state index is -0.591. The van der Waals surface area contributed by atoms with Gasteiger partial charge in [0.1, 0.15) is 0 Å². The van der Waals surface area contributed by atoms with Crippen LogP contribution in [0.25, 0.3) is 16.9 Å². The fourth-order valence-electron chi connectivity index (χ4n) is 5.56. The molecule has 0 spiro atoms. The predicted molar refractivity (Wildman–Crippen MR) is 165 cm³/mol. The zero-order valence-corrected chi connectivity index (χ0v) is 25.1. The van der Waals surface area contributed by atoms with Gasteiger partial charge in [0.2, 0.25) is 12.7 Å². The monoisotopic (exact) mass is 593 g/mol. The lowest BCUT2D eigenvalue weighted by molar-refractivity contribution is -0.152. The zero-order valence-electron chi connectivity index (χ0n) is 25.1. The Morgan fingerprint density at radius 3 is 2.43 bits per heavy atom. The number of para-hydroxylation sites is 1. The topological polar surface area (TPSA) is 106 Å². The first kappa shape index (κ1) is 29.0. The third-order valence-corrected chi connectivity index (χ3v) is 8.32. The van der Waals surface area contributed by atoms with E-state index in [1.54, 1.807) is 34.8 Å². The molecule has 3 amide bonds. The summed E-state index contributed by atoms with van der Waals surface area (Å²) < 4.78 is 12.5. The number of nitrogens with zero attached hydrogens (tertiary/aromatic N) is 4. The smallest absolute Gasteiger partial charge is 0.312 e. The lowest BCUT2D eigenvalue weighted by Crippen LogP contribution is -2.48.